The lowest BCUT2D eigenvalue weighted by Crippen LogP contribution is -2.14. The Hall–Kier alpha value is -5.67. The molecule has 0 spiro atoms. The van der Waals surface area contributed by atoms with E-state index in [0.717, 1.165) is 34.0 Å². The lowest BCUT2D eigenvalue weighted by Gasteiger charge is -2.26. The van der Waals surface area contributed by atoms with Gasteiger partial charge in [-0.3, -0.25) is 9.47 Å². The summed E-state index contributed by atoms with van der Waals surface area (Å²) in [5.74, 6) is 0.895. The third-order valence-corrected chi connectivity index (χ3v) is 9.03. The number of imidazole rings is 1. The molecule has 0 atom stereocenters. The van der Waals surface area contributed by atoms with Crippen molar-refractivity contribution < 1.29 is 0 Å². The molecule has 1 aromatic heterocycles. The Balaban J connectivity index is 1.38. The Kier molecular flexibility index (Phi) is 4.18. The smallest absolute Gasteiger partial charge is 0.220 e. The molecule has 0 radical (unpaired) electrons. The monoisotopic (exact) mass is 533 g/mol. The summed E-state index contributed by atoms with van der Waals surface area (Å²) in [7, 11) is 0. The standard InChI is InChI=1S/C39H23N3/c1-2-12-27-24(10-1)20-21-36-38(27)31-15-5-7-18-34(31)42-35-19-8-6-17-33(35)40-39(42)41(36)26-22-25-11-9-16-30-28-13-3-4-14-29(28)32(23-26)37(25)30/h1-23H. The predicted octanol–water partition coefficient (Wildman–Crippen LogP) is 10.4. The largest absolute Gasteiger partial charge is 0.280 e. The molecule has 10 rings (SSSR count). The molecule has 0 bridgehead atoms. The van der Waals surface area contributed by atoms with E-state index < -0.39 is 0 Å². The van der Waals surface area contributed by atoms with E-state index in [1.807, 2.05) is 0 Å². The van der Waals surface area contributed by atoms with Crippen LogP contribution in [-0.4, -0.2) is 9.55 Å². The van der Waals surface area contributed by atoms with Crippen LogP contribution in [0.3, 0.4) is 0 Å². The first-order valence-corrected chi connectivity index (χ1v) is 14.4. The zero-order valence-electron chi connectivity index (χ0n) is 22.6. The summed E-state index contributed by atoms with van der Waals surface area (Å²) in [4.78, 5) is 7.71. The number of rotatable bonds is 1. The van der Waals surface area contributed by atoms with Crippen LogP contribution < -0.4 is 4.90 Å². The molecule has 0 N–H and O–H groups in total. The maximum absolute atomic E-state index is 5.33. The van der Waals surface area contributed by atoms with Crippen LogP contribution in [-0.2, 0) is 0 Å². The van der Waals surface area contributed by atoms with Crippen LogP contribution in [0.4, 0.5) is 17.3 Å². The van der Waals surface area contributed by atoms with Crippen molar-refractivity contribution in [3.8, 4) is 39.1 Å². The molecule has 0 unspecified atom stereocenters. The van der Waals surface area contributed by atoms with E-state index in [1.165, 1.54) is 54.9 Å². The Bertz CT molecular complexity index is 2430. The van der Waals surface area contributed by atoms with Gasteiger partial charge in [-0.1, -0.05) is 103 Å². The fraction of sp³-hybridized carbons (Fsp3) is 0. The summed E-state index contributed by atoms with van der Waals surface area (Å²) >= 11 is 0. The van der Waals surface area contributed by atoms with Crippen LogP contribution in [0.2, 0.25) is 0 Å². The summed E-state index contributed by atoms with van der Waals surface area (Å²) in [6, 6.07) is 50.6. The van der Waals surface area contributed by atoms with Crippen LogP contribution in [0.5, 0.6) is 0 Å². The summed E-state index contributed by atoms with van der Waals surface area (Å²) in [6.07, 6.45) is 0. The third kappa shape index (κ3) is 2.77. The van der Waals surface area contributed by atoms with E-state index in [-0.39, 0.29) is 0 Å². The first kappa shape index (κ1) is 22.1. The topological polar surface area (TPSA) is 21.1 Å². The van der Waals surface area contributed by atoms with Crippen molar-refractivity contribution in [3.63, 3.8) is 0 Å². The fourth-order valence-electron chi connectivity index (χ4n) is 7.30. The van der Waals surface area contributed by atoms with Crippen LogP contribution >= 0.6 is 0 Å². The number of fused-ring (bicyclic) bond motifs is 12. The molecule has 2 aliphatic rings. The zero-order valence-corrected chi connectivity index (χ0v) is 22.6. The van der Waals surface area contributed by atoms with E-state index in [9.17, 15) is 0 Å². The van der Waals surface area contributed by atoms with Crippen molar-refractivity contribution in [2.24, 2.45) is 0 Å². The van der Waals surface area contributed by atoms with Gasteiger partial charge >= 0.3 is 0 Å². The highest BCUT2D eigenvalue weighted by molar-refractivity contribution is 6.17. The van der Waals surface area contributed by atoms with Gasteiger partial charge in [-0.15, -0.1) is 0 Å². The minimum atomic E-state index is 0.895. The van der Waals surface area contributed by atoms with Gasteiger partial charge in [-0.25, -0.2) is 4.98 Å². The molecule has 3 nitrogen and oxygen atoms in total. The molecule has 42 heavy (non-hydrogen) atoms. The van der Waals surface area contributed by atoms with Gasteiger partial charge in [0.2, 0.25) is 5.95 Å². The van der Waals surface area contributed by atoms with Crippen LogP contribution in [0.25, 0.3) is 71.6 Å². The highest BCUT2D eigenvalue weighted by Crippen LogP contribution is 2.53. The summed E-state index contributed by atoms with van der Waals surface area (Å²) < 4.78 is 2.34. The average Bonchev–Trinajstić information content (AvgIpc) is 3.54. The maximum Gasteiger partial charge on any atom is 0.220 e. The second-order valence-corrected chi connectivity index (χ2v) is 11.2. The van der Waals surface area contributed by atoms with Crippen molar-refractivity contribution in [1.82, 2.24) is 9.55 Å². The van der Waals surface area contributed by atoms with Gasteiger partial charge in [-0.2, -0.15) is 0 Å². The minimum absolute atomic E-state index is 0.895. The molecule has 0 saturated heterocycles. The van der Waals surface area contributed by atoms with Crippen LogP contribution in [0.15, 0.2) is 140 Å². The van der Waals surface area contributed by atoms with Crippen molar-refractivity contribution in [2.45, 2.75) is 0 Å². The molecule has 2 heterocycles. The molecule has 0 amide bonds. The van der Waals surface area contributed by atoms with E-state index in [4.69, 9.17) is 4.98 Å². The number of benzene rings is 7. The van der Waals surface area contributed by atoms with Gasteiger partial charge in [0.25, 0.3) is 0 Å². The van der Waals surface area contributed by atoms with Gasteiger partial charge in [0.1, 0.15) is 0 Å². The Morgan fingerprint density at radius 3 is 2.12 bits per heavy atom. The maximum atomic E-state index is 5.33. The first-order valence-electron chi connectivity index (χ1n) is 14.4. The van der Waals surface area contributed by atoms with Crippen molar-refractivity contribution in [2.75, 3.05) is 4.90 Å². The predicted molar refractivity (Wildman–Crippen MR) is 174 cm³/mol. The molecule has 0 saturated carbocycles. The minimum Gasteiger partial charge on any atom is -0.280 e. The average molecular weight is 534 g/mol. The number of para-hydroxylation sites is 3. The second-order valence-electron chi connectivity index (χ2n) is 11.2. The Labute approximate surface area is 242 Å². The number of hydrogen-bond donors (Lipinski definition) is 0. The van der Waals surface area contributed by atoms with E-state index in [1.54, 1.807) is 0 Å². The van der Waals surface area contributed by atoms with Crippen LogP contribution in [0.1, 0.15) is 0 Å². The van der Waals surface area contributed by atoms with E-state index in [0.29, 0.717) is 0 Å². The lowest BCUT2D eigenvalue weighted by molar-refractivity contribution is 1.05. The fourth-order valence-corrected chi connectivity index (χ4v) is 7.30. The molecule has 3 heteroatoms. The molecule has 0 fully saturated rings. The van der Waals surface area contributed by atoms with Crippen molar-refractivity contribution >= 4 is 49.9 Å². The normalized spacial score (nSPS) is 12.7. The summed E-state index contributed by atoms with van der Waals surface area (Å²) in [5, 5.41) is 5.03. The quantitative estimate of drug-likeness (QED) is 0.209. The molecular weight excluding hydrogens is 510 g/mol. The van der Waals surface area contributed by atoms with Crippen LogP contribution in [0, 0.1) is 0 Å². The lowest BCUT2D eigenvalue weighted by atomic mass is 9.94. The molecule has 7 aromatic carbocycles. The zero-order chi connectivity index (χ0) is 27.4. The van der Waals surface area contributed by atoms with E-state index in [2.05, 4.69) is 149 Å². The van der Waals surface area contributed by atoms with Gasteiger partial charge in [0, 0.05) is 11.1 Å². The van der Waals surface area contributed by atoms with E-state index >= 15 is 0 Å². The van der Waals surface area contributed by atoms with Gasteiger partial charge in [0.15, 0.2) is 0 Å². The molecular formula is C39H23N3. The van der Waals surface area contributed by atoms with Gasteiger partial charge in [-0.05, 0) is 80.2 Å². The highest BCUT2D eigenvalue weighted by atomic mass is 15.3. The van der Waals surface area contributed by atoms with Gasteiger partial charge in [0.05, 0.1) is 28.1 Å². The number of aromatic nitrogens is 2. The highest BCUT2D eigenvalue weighted by Gasteiger charge is 2.31. The number of nitrogens with zero attached hydrogens (tertiary/aromatic N) is 3. The Morgan fingerprint density at radius 2 is 1.19 bits per heavy atom. The molecule has 1 aliphatic heterocycles. The SMILES string of the molecule is c1ccc2c(c1)-c1cccc3cc(N4c5ccc6ccccc6c5-c5ccccc5-n5c4nc4ccccc45)cc-2c13. The van der Waals surface area contributed by atoms with Gasteiger partial charge < -0.3 is 0 Å². The summed E-state index contributed by atoms with van der Waals surface area (Å²) in [6.45, 7) is 0. The van der Waals surface area contributed by atoms with Crippen molar-refractivity contribution in [1.29, 1.82) is 0 Å². The summed E-state index contributed by atoms with van der Waals surface area (Å²) in [5.41, 5.74) is 13.1. The van der Waals surface area contributed by atoms with Crippen molar-refractivity contribution in [3.05, 3.63) is 140 Å². The second kappa shape index (κ2) is 7.96. The Morgan fingerprint density at radius 1 is 0.476 bits per heavy atom. The molecule has 194 valence electrons. The first-order chi connectivity index (χ1) is 20.8. The molecule has 1 aliphatic carbocycles. The molecule has 8 aromatic rings. The number of hydrogen-bond acceptors (Lipinski definition) is 2. The third-order valence-electron chi connectivity index (χ3n) is 9.03. The number of anilines is 3.